The molecule has 1 atom stereocenters. The van der Waals surface area contributed by atoms with Crippen LogP contribution in [0.1, 0.15) is 56.3 Å². The summed E-state index contributed by atoms with van der Waals surface area (Å²) in [6.07, 6.45) is -0.260. The van der Waals surface area contributed by atoms with Gasteiger partial charge in [-0.1, -0.05) is 18.2 Å². The van der Waals surface area contributed by atoms with Crippen LogP contribution in [0.5, 0.6) is 0 Å². The van der Waals surface area contributed by atoms with E-state index in [0.717, 1.165) is 18.2 Å². The van der Waals surface area contributed by atoms with Crippen LogP contribution in [0.15, 0.2) is 36.4 Å². The highest BCUT2D eigenvalue weighted by Gasteiger charge is 2.39. The van der Waals surface area contributed by atoms with Gasteiger partial charge in [-0.05, 0) is 30.2 Å². The minimum Gasteiger partial charge on any atom is -0.381 e. The predicted octanol–water partition coefficient (Wildman–Crippen LogP) is 2.03. The summed E-state index contributed by atoms with van der Waals surface area (Å²) in [5.74, 6) is -3.52. The molecule has 1 unspecified atom stereocenters. The number of rotatable bonds is 6. The minimum atomic E-state index is -3.31. The molecule has 0 aromatic heterocycles. The number of halogens is 1. The van der Waals surface area contributed by atoms with Crippen molar-refractivity contribution >= 4 is 23.4 Å². The number of hydrogen-bond acceptors (Lipinski definition) is 6. The Bertz CT molecular complexity index is 1610. The smallest absolute Gasteiger partial charge is 0.255 e. The third kappa shape index (κ3) is 4.53. The van der Waals surface area contributed by atoms with Gasteiger partial charge in [-0.25, -0.2) is 4.39 Å². The fraction of sp³-hybridized carbons (Fsp3) is 0.400. The number of carbonyl (C=O) groups excluding carboxylic acids is 3. The SMILES string of the molecule is [2H]C([2H])(Nc1cccc2c1C([2H])([2H])N(C1CCC(=O)NC1=O)C2=O)c1ccc(CN2C([2H])([2H])C([2H])([2H])OC([2H])([2H])C2([2H])[2H])cc1F. The Morgan fingerprint density at radius 3 is 2.79 bits per heavy atom. The average molecular weight is 479 g/mol. The molecule has 2 aromatic rings. The molecule has 0 saturated carbocycles. The fourth-order valence-corrected chi connectivity index (χ4v) is 3.77. The molecule has 2 N–H and O–H groups in total. The van der Waals surface area contributed by atoms with Crippen LogP contribution in [0.25, 0.3) is 0 Å². The Kier molecular flexibility index (Phi) is 3.48. The van der Waals surface area contributed by atoms with Crippen LogP contribution in [0.3, 0.4) is 0 Å². The molecule has 3 aliphatic heterocycles. The molecule has 3 aliphatic rings. The molecule has 3 amide bonds. The molecule has 2 fully saturated rings. The maximum atomic E-state index is 15.5. The van der Waals surface area contributed by atoms with E-state index in [1.807, 2.05) is 0 Å². The molecular formula is C25H27FN4O4. The zero-order chi connectivity index (χ0) is 34.4. The first-order chi connectivity index (χ1) is 21.0. The first kappa shape index (κ1) is 12.4. The highest BCUT2D eigenvalue weighted by molar-refractivity contribution is 6.06. The summed E-state index contributed by atoms with van der Waals surface area (Å²) in [4.78, 5) is 38.3. The Morgan fingerprint density at radius 1 is 1.21 bits per heavy atom. The lowest BCUT2D eigenvalue weighted by molar-refractivity contribution is -0.136. The van der Waals surface area contributed by atoms with E-state index >= 15 is 4.39 Å². The lowest BCUT2D eigenvalue weighted by Crippen LogP contribution is -2.52. The molecule has 9 heteroatoms. The van der Waals surface area contributed by atoms with Crippen molar-refractivity contribution in [3.05, 3.63) is 64.5 Å². The Balaban J connectivity index is 1.44. The van der Waals surface area contributed by atoms with Gasteiger partial charge in [-0.3, -0.25) is 24.6 Å². The number of nitrogens with one attached hydrogen (secondary N) is 2. The minimum absolute atomic E-state index is 0.129. The molecule has 2 aromatic carbocycles. The number of morpholine rings is 1. The summed E-state index contributed by atoms with van der Waals surface area (Å²) >= 11 is 0. The molecule has 178 valence electrons. The van der Waals surface area contributed by atoms with Gasteiger partial charge in [0, 0.05) is 66.8 Å². The molecule has 0 bridgehead atoms. The van der Waals surface area contributed by atoms with Crippen molar-refractivity contribution in [1.82, 2.24) is 15.1 Å². The summed E-state index contributed by atoms with van der Waals surface area (Å²) in [5.41, 5.74) is -1.52. The molecule has 0 radical (unpaired) electrons. The van der Waals surface area contributed by atoms with Gasteiger partial charge < -0.3 is 15.0 Å². The van der Waals surface area contributed by atoms with Gasteiger partial charge in [0.15, 0.2) is 0 Å². The van der Waals surface area contributed by atoms with E-state index in [1.165, 1.54) is 18.2 Å². The highest BCUT2D eigenvalue weighted by Crippen LogP contribution is 2.32. The van der Waals surface area contributed by atoms with Crippen LogP contribution >= 0.6 is 0 Å². The van der Waals surface area contributed by atoms with Gasteiger partial charge >= 0.3 is 0 Å². The van der Waals surface area contributed by atoms with Crippen molar-refractivity contribution in [3.8, 4) is 0 Å². The summed E-state index contributed by atoms with van der Waals surface area (Å²) < 4.78 is 118. The highest BCUT2D eigenvalue weighted by atomic mass is 19.1. The molecule has 8 nitrogen and oxygen atoms in total. The second-order valence-electron chi connectivity index (χ2n) is 7.66. The molecule has 0 spiro atoms. The molecule has 0 aliphatic carbocycles. The van der Waals surface area contributed by atoms with Crippen LogP contribution < -0.4 is 10.6 Å². The third-order valence-corrected chi connectivity index (χ3v) is 5.44. The van der Waals surface area contributed by atoms with E-state index < -0.39 is 80.8 Å². The number of benzene rings is 2. The van der Waals surface area contributed by atoms with E-state index in [-0.39, 0.29) is 40.1 Å². The first-order valence-electron chi connectivity index (χ1n) is 16.3. The van der Waals surface area contributed by atoms with Crippen LogP contribution in [0.4, 0.5) is 10.1 Å². The number of nitrogens with zero attached hydrogens (tertiary/aromatic N) is 2. The Morgan fingerprint density at radius 2 is 2.03 bits per heavy atom. The van der Waals surface area contributed by atoms with Gasteiger partial charge in [0.2, 0.25) is 11.8 Å². The van der Waals surface area contributed by atoms with Crippen molar-refractivity contribution in [2.75, 3.05) is 31.4 Å². The maximum Gasteiger partial charge on any atom is 0.255 e. The lowest BCUT2D eigenvalue weighted by atomic mass is 10.0. The van der Waals surface area contributed by atoms with Gasteiger partial charge in [-0.2, -0.15) is 0 Å². The topological polar surface area (TPSA) is 91.0 Å². The van der Waals surface area contributed by atoms with Crippen molar-refractivity contribution < 1.29 is 40.0 Å². The standard InChI is InChI=1S/C25H27FN4O4/c26-20-12-16(14-29-8-10-34-11-9-29)4-5-17(20)13-27-21-3-1-2-18-19(21)15-30(25(18)33)22-6-7-23(31)28-24(22)32/h1-5,12,22,27H,6-11,13-15H2,(H,28,31,32)/i8D2,9D2,10D2,11D2,13D2,15D2. The molecular weight excluding hydrogens is 439 g/mol. The summed E-state index contributed by atoms with van der Waals surface area (Å²) in [5, 5.41) is 4.49. The van der Waals surface area contributed by atoms with Crippen LogP contribution in [0.2, 0.25) is 0 Å². The van der Waals surface area contributed by atoms with Crippen LogP contribution in [-0.4, -0.2) is 59.7 Å². The van der Waals surface area contributed by atoms with Crippen LogP contribution in [-0.2, 0) is 33.9 Å². The summed E-state index contributed by atoms with van der Waals surface area (Å²) in [6.45, 7) is -19.3. The van der Waals surface area contributed by atoms with E-state index in [2.05, 4.69) is 15.4 Å². The van der Waals surface area contributed by atoms with Crippen LogP contribution in [0, 0.1) is 5.82 Å². The van der Waals surface area contributed by atoms with Gasteiger partial charge in [-0.15, -0.1) is 0 Å². The van der Waals surface area contributed by atoms with E-state index in [0.29, 0.717) is 4.90 Å². The van der Waals surface area contributed by atoms with Gasteiger partial charge in [0.1, 0.15) is 11.9 Å². The van der Waals surface area contributed by atoms with Crippen molar-refractivity contribution in [1.29, 1.82) is 0 Å². The number of fused-ring (bicyclic) bond motifs is 1. The fourth-order valence-electron chi connectivity index (χ4n) is 3.77. The van der Waals surface area contributed by atoms with Gasteiger partial charge in [0.25, 0.3) is 5.91 Å². The number of anilines is 1. The second kappa shape index (κ2) is 9.52. The predicted molar refractivity (Wildman–Crippen MR) is 122 cm³/mol. The zero-order valence-corrected chi connectivity index (χ0v) is 17.6. The van der Waals surface area contributed by atoms with E-state index in [9.17, 15) is 14.4 Å². The average Bonchev–Trinajstić information content (AvgIpc) is 3.11. The first-order valence-corrected chi connectivity index (χ1v) is 10.3. The molecule has 3 heterocycles. The second-order valence-corrected chi connectivity index (χ2v) is 7.66. The third-order valence-electron chi connectivity index (χ3n) is 5.44. The van der Waals surface area contributed by atoms with E-state index in [1.54, 1.807) is 0 Å². The molecule has 5 rings (SSSR count). The monoisotopic (exact) mass is 478 g/mol. The number of carbonyl (C=O) groups is 3. The normalized spacial score (nSPS) is 34.0. The number of imide groups is 1. The lowest BCUT2D eigenvalue weighted by Gasteiger charge is -2.29. The summed E-state index contributed by atoms with van der Waals surface area (Å²) in [6, 6.07) is 5.35. The Hall–Kier alpha value is -3.30. The molecule has 34 heavy (non-hydrogen) atoms. The number of ether oxygens (including phenoxy) is 1. The summed E-state index contributed by atoms with van der Waals surface area (Å²) in [7, 11) is 0. The van der Waals surface area contributed by atoms with Crippen molar-refractivity contribution in [3.63, 3.8) is 0 Å². The van der Waals surface area contributed by atoms with E-state index in [4.69, 9.17) is 16.4 Å². The number of amides is 3. The number of piperidine rings is 1. The molecule has 2 saturated heterocycles. The van der Waals surface area contributed by atoms with Crippen molar-refractivity contribution in [2.45, 2.75) is 38.4 Å². The Labute approximate surface area is 213 Å². The maximum absolute atomic E-state index is 15.5. The number of hydrogen-bond donors (Lipinski definition) is 2. The van der Waals surface area contributed by atoms with Gasteiger partial charge in [0.05, 0.1) is 24.1 Å². The van der Waals surface area contributed by atoms with Crippen molar-refractivity contribution in [2.24, 2.45) is 0 Å². The largest absolute Gasteiger partial charge is 0.381 e. The quantitative estimate of drug-likeness (QED) is 0.618. The zero-order valence-electron chi connectivity index (χ0n) is 29.6.